The van der Waals surface area contributed by atoms with Gasteiger partial charge in [-0.25, -0.2) is 0 Å². The zero-order valence-electron chi connectivity index (χ0n) is 12.1. The topological polar surface area (TPSA) is 9.23 Å². The Morgan fingerprint density at radius 2 is 1.71 bits per heavy atom. The fourth-order valence-electron chi connectivity index (χ4n) is 4.69. The molecule has 2 saturated carbocycles. The highest BCUT2D eigenvalue weighted by Crippen LogP contribution is 2.50. The van der Waals surface area contributed by atoms with Crippen LogP contribution in [0.25, 0.3) is 0 Å². The highest BCUT2D eigenvalue weighted by Gasteiger charge is 2.46. The Bertz CT molecular complexity index is 238. The highest BCUT2D eigenvalue weighted by molar-refractivity contribution is 4.95. The molecule has 2 fully saturated rings. The fraction of sp³-hybridized carbons (Fsp3) is 1.00. The summed E-state index contributed by atoms with van der Waals surface area (Å²) in [6.07, 6.45) is 8.91. The molecule has 0 amide bonds. The monoisotopic (exact) mass is 238 g/mol. The van der Waals surface area contributed by atoms with E-state index >= 15 is 0 Å². The normalized spacial score (nSPS) is 46.6. The predicted molar refractivity (Wildman–Crippen MR) is 73.0 cm³/mol. The minimum atomic E-state index is 0.555. The fourth-order valence-corrected chi connectivity index (χ4v) is 4.69. The van der Waals surface area contributed by atoms with Crippen LogP contribution < -0.4 is 0 Å². The molecule has 1 nitrogen and oxygen atoms in total. The molecular formula is C16H30O. The summed E-state index contributed by atoms with van der Waals surface area (Å²) in [7, 11) is 1.93. The van der Waals surface area contributed by atoms with Crippen molar-refractivity contribution in [2.45, 2.75) is 65.4 Å². The number of hydrogen-bond donors (Lipinski definition) is 0. The summed E-state index contributed by atoms with van der Waals surface area (Å²) < 4.78 is 5.81. The number of ether oxygens (including phenoxy) is 1. The summed E-state index contributed by atoms with van der Waals surface area (Å²) in [4.78, 5) is 0. The molecule has 1 heteroatoms. The third-order valence-electron chi connectivity index (χ3n) is 5.67. The van der Waals surface area contributed by atoms with Crippen molar-refractivity contribution in [3.05, 3.63) is 0 Å². The van der Waals surface area contributed by atoms with E-state index in [1.165, 1.54) is 38.5 Å². The van der Waals surface area contributed by atoms with Crippen LogP contribution in [-0.4, -0.2) is 13.2 Å². The summed E-state index contributed by atoms with van der Waals surface area (Å²) in [6.45, 7) is 7.31. The lowest BCUT2D eigenvalue weighted by Gasteiger charge is -2.34. The molecule has 0 aliphatic heterocycles. The average molecular weight is 238 g/mol. The van der Waals surface area contributed by atoms with Crippen LogP contribution in [0.4, 0.5) is 0 Å². The Morgan fingerprint density at radius 1 is 1.00 bits per heavy atom. The van der Waals surface area contributed by atoms with Gasteiger partial charge in [0.1, 0.15) is 0 Å². The maximum absolute atomic E-state index is 5.81. The summed E-state index contributed by atoms with van der Waals surface area (Å²) >= 11 is 0. The lowest BCUT2D eigenvalue weighted by Crippen LogP contribution is -2.32. The molecule has 2 aliphatic carbocycles. The Morgan fingerprint density at radius 3 is 2.35 bits per heavy atom. The smallest absolute Gasteiger partial charge is 0.0605 e. The molecule has 2 aliphatic rings. The molecule has 0 aromatic carbocycles. The van der Waals surface area contributed by atoms with Crippen molar-refractivity contribution < 1.29 is 4.74 Å². The van der Waals surface area contributed by atoms with E-state index in [1.807, 2.05) is 7.11 Å². The molecular weight excluding hydrogens is 208 g/mol. The molecule has 3 unspecified atom stereocenters. The van der Waals surface area contributed by atoms with E-state index in [4.69, 9.17) is 4.74 Å². The van der Waals surface area contributed by atoms with Crippen LogP contribution in [0.3, 0.4) is 0 Å². The first kappa shape index (κ1) is 13.4. The minimum Gasteiger partial charge on any atom is -0.381 e. The largest absolute Gasteiger partial charge is 0.381 e. The van der Waals surface area contributed by atoms with Crippen LogP contribution in [0.1, 0.15) is 59.3 Å². The summed E-state index contributed by atoms with van der Waals surface area (Å²) in [6, 6.07) is 0. The Balaban J connectivity index is 2.20. The molecule has 0 heterocycles. The van der Waals surface area contributed by atoms with Gasteiger partial charge in [0.2, 0.25) is 0 Å². The van der Waals surface area contributed by atoms with Crippen molar-refractivity contribution in [1.82, 2.24) is 0 Å². The molecule has 0 aromatic heterocycles. The Labute approximate surface area is 107 Å². The second-order valence-electron chi connectivity index (χ2n) is 6.58. The average Bonchev–Trinajstić information content (AvgIpc) is 2.71. The standard InChI is InChI=1S/C16H30O/c1-5-6-13-11(2)7-8-12(3)14-9-10-15(17-4)16(13)14/h11-16H,5-10H2,1-4H3/t11-,12?,13?,14?,15-,16-/m1/s1. The van der Waals surface area contributed by atoms with E-state index in [0.717, 1.165) is 29.6 Å². The molecule has 0 spiro atoms. The second-order valence-corrected chi connectivity index (χ2v) is 6.58. The third-order valence-corrected chi connectivity index (χ3v) is 5.67. The molecule has 0 bridgehead atoms. The first-order valence-electron chi connectivity index (χ1n) is 7.71. The summed E-state index contributed by atoms with van der Waals surface area (Å²) in [5, 5.41) is 0. The van der Waals surface area contributed by atoms with Gasteiger partial charge in [-0.3, -0.25) is 0 Å². The Hall–Kier alpha value is -0.0400. The van der Waals surface area contributed by atoms with E-state index in [0.29, 0.717) is 6.10 Å². The van der Waals surface area contributed by atoms with Gasteiger partial charge in [0, 0.05) is 7.11 Å². The van der Waals surface area contributed by atoms with Gasteiger partial charge >= 0.3 is 0 Å². The first-order valence-corrected chi connectivity index (χ1v) is 7.71. The quantitative estimate of drug-likeness (QED) is 0.703. The van der Waals surface area contributed by atoms with Crippen LogP contribution >= 0.6 is 0 Å². The van der Waals surface area contributed by atoms with E-state index < -0.39 is 0 Å². The van der Waals surface area contributed by atoms with E-state index in [2.05, 4.69) is 20.8 Å². The number of rotatable bonds is 3. The number of fused-ring (bicyclic) bond motifs is 1. The highest BCUT2D eigenvalue weighted by atomic mass is 16.5. The van der Waals surface area contributed by atoms with Crippen LogP contribution in [0.15, 0.2) is 0 Å². The van der Waals surface area contributed by atoms with Crippen molar-refractivity contribution in [3.8, 4) is 0 Å². The molecule has 0 saturated heterocycles. The van der Waals surface area contributed by atoms with Crippen molar-refractivity contribution in [1.29, 1.82) is 0 Å². The van der Waals surface area contributed by atoms with Gasteiger partial charge in [-0.2, -0.15) is 0 Å². The minimum absolute atomic E-state index is 0.555. The lowest BCUT2D eigenvalue weighted by molar-refractivity contribution is 0.0165. The maximum Gasteiger partial charge on any atom is 0.0605 e. The molecule has 0 N–H and O–H groups in total. The zero-order valence-corrected chi connectivity index (χ0v) is 12.1. The van der Waals surface area contributed by atoms with Crippen LogP contribution in [0.5, 0.6) is 0 Å². The number of hydrogen-bond acceptors (Lipinski definition) is 1. The predicted octanol–water partition coefficient (Wildman–Crippen LogP) is 4.51. The van der Waals surface area contributed by atoms with Gasteiger partial charge in [0.05, 0.1) is 6.10 Å². The molecule has 2 rings (SSSR count). The van der Waals surface area contributed by atoms with E-state index in [9.17, 15) is 0 Å². The molecule has 6 atom stereocenters. The van der Waals surface area contributed by atoms with Crippen LogP contribution in [0, 0.1) is 29.6 Å². The zero-order chi connectivity index (χ0) is 12.4. The van der Waals surface area contributed by atoms with Gasteiger partial charge in [-0.05, 0) is 42.4 Å². The summed E-state index contributed by atoms with van der Waals surface area (Å²) in [5.41, 5.74) is 0. The van der Waals surface area contributed by atoms with Crippen LogP contribution in [0.2, 0.25) is 0 Å². The van der Waals surface area contributed by atoms with Crippen LogP contribution in [-0.2, 0) is 4.74 Å². The van der Waals surface area contributed by atoms with Gasteiger partial charge in [0.15, 0.2) is 0 Å². The van der Waals surface area contributed by atoms with Crippen molar-refractivity contribution in [2.75, 3.05) is 7.11 Å². The third kappa shape index (κ3) is 2.54. The number of methoxy groups -OCH3 is 1. The lowest BCUT2D eigenvalue weighted by atomic mass is 9.73. The van der Waals surface area contributed by atoms with Gasteiger partial charge in [-0.15, -0.1) is 0 Å². The van der Waals surface area contributed by atoms with Crippen molar-refractivity contribution in [3.63, 3.8) is 0 Å². The molecule has 0 radical (unpaired) electrons. The van der Waals surface area contributed by atoms with Gasteiger partial charge in [0.25, 0.3) is 0 Å². The van der Waals surface area contributed by atoms with E-state index in [1.54, 1.807) is 0 Å². The van der Waals surface area contributed by atoms with Gasteiger partial charge < -0.3 is 4.74 Å². The second kappa shape index (κ2) is 5.73. The maximum atomic E-state index is 5.81. The van der Waals surface area contributed by atoms with Crippen molar-refractivity contribution >= 4 is 0 Å². The molecule has 0 aromatic rings. The van der Waals surface area contributed by atoms with Gasteiger partial charge in [-0.1, -0.05) is 46.5 Å². The molecule has 100 valence electrons. The first-order chi connectivity index (χ1) is 8.19. The summed E-state index contributed by atoms with van der Waals surface area (Å²) in [5.74, 6) is 4.55. The Kier molecular flexibility index (Phi) is 4.52. The SMILES string of the molecule is CCCC1[C@@H]2C(CC[C@H]2OC)C(C)CC[C@H]1C. The van der Waals surface area contributed by atoms with E-state index in [-0.39, 0.29) is 0 Å². The van der Waals surface area contributed by atoms with Crippen molar-refractivity contribution in [2.24, 2.45) is 29.6 Å². The molecule has 17 heavy (non-hydrogen) atoms.